The van der Waals surface area contributed by atoms with E-state index < -0.39 is 22.6 Å². The van der Waals surface area contributed by atoms with Crippen molar-refractivity contribution in [2.24, 2.45) is 0 Å². The topological polar surface area (TPSA) is 90.1 Å². The van der Waals surface area contributed by atoms with Gasteiger partial charge < -0.3 is 5.32 Å². The van der Waals surface area contributed by atoms with Gasteiger partial charge in [-0.25, -0.2) is 4.68 Å². The number of nitro benzene ring substituents is 1. The number of alkyl halides is 3. The lowest BCUT2D eigenvalue weighted by atomic mass is 10.1. The third kappa shape index (κ3) is 4.17. The Balaban J connectivity index is 2.05. The first-order valence-electron chi connectivity index (χ1n) is 8.78. The number of carbonyl (C=O) groups is 1. The van der Waals surface area contributed by atoms with Gasteiger partial charge in [0.2, 0.25) is 0 Å². The summed E-state index contributed by atoms with van der Waals surface area (Å²) >= 11 is 0. The Bertz CT molecular complexity index is 1150. The van der Waals surface area contributed by atoms with Gasteiger partial charge in [-0.1, -0.05) is 0 Å². The van der Waals surface area contributed by atoms with Gasteiger partial charge in [-0.2, -0.15) is 18.3 Å². The molecule has 0 bridgehead atoms. The molecule has 1 aromatic heterocycles. The van der Waals surface area contributed by atoms with Gasteiger partial charge in [-0.05, 0) is 57.2 Å². The van der Waals surface area contributed by atoms with Crippen LogP contribution in [0.3, 0.4) is 0 Å². The van der Waals surface area contributed by atoms with E-state index in [9.17, 15) is 28.1 Å². The summed E-state index contributed by atoms with van der Waals surface area (Å²) in [4.78, 5) is 23.1. The van der Waals surface area contributed by atoms with Crippen LogP contribution in [0.1, 0.15) is 32.9 Å². The minimum absolute atomic E-state index is 0.0785. The highest BCUT2D eigenvalue weighted by Crippen LogP contribution is 2.34. The molecule has 1 N–H and O–H groups in total. The lowest BCUT2D eigenvalue weighted by molar-refractivity contribution is -0.385. The quantitative estimate of drug-likeness (QED) is 0.478. The summed E-state index contributed by atoms with van der Waals surface area (Å²) in [5.74, 6) is -0.699. The summed E-state index contributed by atoms with van der Waals surface area (Å²) in [6.45, 7) is 4.95. The molecule has 30 heavy (non-hydrogen) atoms. The average Bonchev–Trinajstić information content (AvgIpc) is 2.98. The van der Waals surface area contributed by atoms with E-state index in [1.807, 2.05) is 0 Å². The minimum Gasteiger partial charge on any atom is -0.320 e. The van der Waals surface area contributed by atoms with Gasteiger partial charge in [-0.3, -0.25) is 14.9 Å². The summed E-state index contributed by atoms with van der Waals surface area (Å²) in [6.07, 6.45) is -4.60. The van der Waals surface area contributed by atoms with Gasteiger partial charge in [-0.15, -0.1) is 0 Å². The number of nitrogens with one attached hydrogen (secondary N) is 1. The molecule has 1 heterocycles. The molecule has 1 amide bonds. The molecule has 0 aliphatic heterocycles. The molecule has 7 nitrogen and oxygen atoms in total. The van der Waals surface area contributed by atoms with E-state index >= 15 is 0 Å². The summed E-state index contributed by atoms with van der Waals surface area (Å²) in [5.41, 5.74) is 0.768. The molecular formula is C20H17F3N4O3. The lowest BCUT2D eigenvalue weighted by Gasteiger charge is -2.16. The fourth-order valence-electron chi connectivity index (χ4n) is 3.07. The number of nitrogens with zero attached hydrogens (tertiary/aromatic N) is 3. The van der Waals surface area contributed by atoms with Gasteiger partial charge in [0.1, 0.15) is 0 Å². The maximum absolute atomic E-state index is 13.2. The first kappa shape index (κ1) is 21.0. The van der Waals surface area contributed by atoms with Crippen LogP contribution in [0.5, 0.6) is 0 Å². The van der Waals surface area contributed by atoms with Gasteiger partial charge in [0.25, 0.3) is 11.6 Å². The Morgan fingerprint density at radius 3 is 2.33 bits per heavy atom. The van der Waals surface area contributed by atoms with Gasteiger partial charge in [0.15, 0.2) is 0 Å². The third-order valence-corrected chi connectivity index (χ3v) is 4.47. The highest BCUT2D eigenvalue weighted by atomic mass is 19.4. The predicted molar refractivity (Wildman–Crippen MR) is 104 cm³/mol. The summed E-state index contributed by atoms with van der Waals surface area (Å²) in [7, 11) is 0. The fourth-order valence-corrected chi connectivity index (χ4v) is 3.07. The summed E-state index contributed by atoms with van der Waals surface area (Å²) in [5, 5.41) is 17.7. The maximum Gasteiger partial charge on any atom is 0.416 e. The molecule has 3 rings (SSSR count). The van der Waals surface area contributed by atoms with E-state index in [-0.39, 0.29) is 28.2 Å². The zero-order chi connectivity index (χ0) is 22.2. The number of rotatable bonds is 4. The van der Waals surface area contributed by atoms with Crippen LogP contribution in [0, 0.1) is 30.9 Å². The Morgan fingerprint density at radius 1 is 1.10 bits per heavy atom. The van der Waals surface area contributed by atoms with Crippen molar-refractivity contribution < 1.29 is 22.9 Å². The van der Waals surface area contributed by atoms with Crippen molar-refractivity contribution >= 4 is 17.3 Å². The second-order valence-electron chi connectivity index (χ2n) is 6.78. The molecule has 0 aliphatic rings. The number of benzene rings is 2. The van der Waals surface area contributed by atoms with Crippen molar-refractivity contribution in [2.45, 2.75) is 26.9 Å². The first-order valence-corrected chi connectivity index (χ1v) is 8.78. The molecule has 0 spiro atoms. The molecule has 3 aromatic rings. The van der Waals surface area contributed by atoms with Crippen molar-refractivity contribution in [1.29, 1.82) is 0 Å². The van der Waals surface area contributed by atoms with Crippen LogP contribution >= 0.6 is 0 Å². The number of hydrogen-bond donors (Lipinski definition) is 1. The van der Waals surface area contributed by atoms with Crippen LogP contribution in [0.2, 0.25) is 0 Å². The monoisotopic (exact) mass is 418 g/mol. The normalized spacial score (nSPS) is 11.4. The van der Waals surface area contributed by atoms with Gasteiger partial charge in [0.05, 0.1) is 27.6 Å². The Hall–Kier alpha value is -3.69. The second-order valence-corrected chi connectivity index (χ2v) is 6.78. The zero-order valence-electron chi connectivity index (χ0n) is 16.2. The van der Waals surface area contributed by atoms with Crippen LogP contribution in [0.15, 0.2) is 42.5 Å². The molecule has 10 heteroatoms. The number of aryl methyl sites for hydroxylation is 3. The van der Waals surface area contributed by atoms with E-state index in [1.165, 1.54) is 35.9 Å². The van der Waals surface area contributed by atoms with Crippen LogP contribution in [-0.2, 0) is 6.18 Å². The molecule has 0 aliphatic carbocycles. The summed E-state index contributed by atoms with van der Waals surface area (Å²) in [6, 6.07) is 8.47. The van der Waals surface area contributed by atoms with Gasteiger partial charge in [0, 0.05) is 22.9 Å². The number of amides is 1. The molecule has 0 atom stereocenters. The van der Waals surface area contributed by atoms with E-state index in [1.54, 1.807) is 19.9 Å². The molecule has 0 unspecified atom stereocenters. The number of aromatic nitrogens is 2. The van der Waals surface area contributed by atoms with Crippen LogP contribution in [0.25, 0.3) is 5.69 Å². The van der Waals surface area contributed by atoms with Crippen LogP contribution in [-0.4, -0.2) is 20.6 Å². The smallest absolute Gasteiger partial charge is 0.320 e. The second kappa shape index (κ2) is 7.62. The molecule has 2 aromatic carbocycles. The number of hydrogen-bond acceptors (Lipinski definition) is 4. The molecule has 0 saturated carbocycles. The molecular weight excluding hydrogens is 401 g/mol. The van der Waals surface area contributed by atoms with Crippen molar-refractivity contribution in [1.82, 2.24) is 9.78 Å². The Morgan fingerprint density at radius 2 is 1.80 bits per heavy atom. The SMILES string of the molecule is Cc1cc(C)n(-c2ccc(C(F)(F)F)cc2NC(=O)c2ccc([N+](=O)[O-])c(C)c2)n1. The number of anilines is 1. The van der Waals surface area contributed by atoms with E-state index in [4.69, 9.17) is 0 Å². The Labute approximate surface area is 169 Å². The summed E-state index contributed by atoms with van der Waals surface area (Å²) < 4.78 is 41.1. The van der Waals surface area contributed by atoms with Crippen molar-refractivity contribution in [3.63, 3.8) is 0 Å². The number of carbonyl (C=O) groups excluding carboxylic acids is 1. The van der Waals surface area contributed by atoms with Crippen molar-refractivity contribution in [3.05, 3.63) is 80.7 Å². The van der Waals surface area contributed by atoms with Crippen molar-refractivity contribution in [3.8, 4) is 5.69 Å². The predicted octanol–water partition coefficient (Wildman–Crippen LogP) is 4.98. The number of nitro groups is 1. The average molecular weight is 418 g/mol. The maximum atomic E-state index is 13.2. The van der Waals surface area contributed by atoms with Crippen molar-refractivity contribution in [2.75, 3.05) is 5.32 Å². The van der Waals surface area contributed by atoms with E-state index in [0.29, 0.717) is 11.4 Å². The molecule has 0 fully saturated rings. The van der Waals surface area contributed by atoms with E-state index in [0.717, 1.165) is 12.1 Å². The van der Waals surface area contributed by atoms with E-state index in [2.05, 4.69) is 10.4 Å². The minimum atomic E-state index is -4.60. The zero-order valence-corrected chi connectivity index (χ0v) is 16.2. The molecule has 156 valence electrons. The standard InChI is InChI=1S/C20H17F3N4O3/c1-11-8-14(4-6-17(11)27(29)30)19(28)24-16-10-15(20(21,22)23)5-7-18(16)26-13(3)9-12(2)25-26/h4-10H,1-3H3,(H,24,28). The largest absolute Gasteiger partial charge is 0.416 e. The van der Waals surface area contributed by atoms with Gasteiger partial charge >= 0.3 is 6.18 Å². The first-order chi connectivity index (χ1) is 14.0. The fraction of sp³-hybridized carbons (Fsp3) is 0.200. The number of halogens is 3. The highest BCUT2D eigenvalue weighted by Gasteiger charge is 2.31. The third-order valence-electron chi connectivity index (χ3n) is 4.47. The van der Waals surface area contributed by atoms with Crippen LogP contribution in [0.4, 0.5) is 24.5 Å². The van der Waals surface area contributed by atoms with Crippen LogP contribution < -0.4 is 5.32 Å². The molecule has 0 radical (unpaired) electrons. The highest BCUT2D eigenvalue weighted by molar-refractivity contribution is 6.05. The molecule has 0 saturated heterocycles. The lowest BCUT2D eigenvalue weighted by Crippen LogP contribution is -2.16. The Kier molecular flexibility index (Phi) is 5.34.